The predicted molar refractivity (Wildman–Crippen MR) is 114 cm³/mol. The molecule has 2 heterocycles. The average molecular weight is 430 g/mol. The Balaban J connectivity index is 1.51. The number of piperidine rings is 2. The molecule has 3 rings (SSSR count). The number of nitrogens with zero attached hydrogens (tertiary/aromatic N) is 4. The van der Waals surface area contributed by atoms with E-state index in [1.165, 1.54) is 7.11 Å². The van der Waals surface area contributed by atoms with Crippen molar-refractivity contribution in [2.24, 2.45) is 11.8 Å². The highest BCUT2D eigenvalue weighted by atomic mass is 16.5. The Morgan fingerprint density at radius 1 is 1.19 bits per heavy atom. The molecule has 2 fully saturated rings. The molecule has 31 heavy (non-hydrogen) atoms. The van der Waals surface area contributed by atoms with Gasteiger partial charge in [-0.05, 0) is 49.4 Å². The van der Waals surface area contributed by atoms with Crippen molar-refractivity contribution in [1.82, 2.24) is 20.0 Å². The van der Waals surface area contributed by atoms with Gasteiger partial charge in [0.1, 0.15) is 12.4 Å². The number of likely N-dealkylation sites (tertiary alicyclic amines) is 2. The van der Waals surface area contributed by atoms with Crippen LogP contribution in [0.2, 0.25) is 0 Å². The zero-order valence-electron chi connectivity index (χ0n) is 18.2. The fourth-order valence-corrected chi connectivity index (χ4v) is 4.42. The average Bonchev–Trinajstić information content (AvgIpc) is 2.77. The number of hydrogen-bond acceptors (Lipinski definition) is 6. The molecular weight excluding hydrogens is 398 g/mol. The van der Waals surface area contributed by atoms with E-state index in [1.807, 2.05) is 11.8 Å². The van der Waals surface area contributed by atoms with E-state index >= 15 is 0 Å². The van der Waals surface area contributed by atoms with Gasteiger partial charge in [0.15, 0.2) is 0 Å². The summed E-state index contributed by atoms with van der Waals surface area (Å²) in [6.07, 6.45) is 0.731. The normalized spacial score (nSPS) is 20.5. The van der Waals surface area contributed by atoms with E-state index in [4.69, 9.17) is 14.7 Å². The third-order valence-electron chi connectivity index (χ3n) is 5.69. The molecule has 9 nitrogen and oxygen atoms in total. The van der Waals surface area contributed by atoms with Crippen LogP contribution in [0.15, 0.2) is 24.3 Å². The van der Waals surface area contributed by atoms with Crippen molar-refractivity contribution in [3.8, 4) is 11.8 Å². The maximum atomic E-state index is 12.3. The number of amides is 3. The number of rotatable bonds is 7. The summed E-state index contributed by atoms with van der Waals surface area (Å²) in [6, 6.07) is 8.97. The van der Waals surface area contributed by atoms with Crippen LogP contribution in [0.5, 0.6) is 5.75 Å². The lowest BCUT2D eigenvalue weighted by molar-refractivity contribution is 0.0133. The van der Waals surface area contributed by atoms with Gasteiger partial charge in [-0.3, -0.25) is 9.80 Å². The fourth-order valence-electron chi connectivity index (χ4n) is 4.42. The summed E-state index contributed by atoms with van der Waals surface area (Å²) in [5.74, 6) is 1.47. The molecule has 2 aliphatic rings. The molecular formula is C22H31N5O4. The molecule has 1 N–H and O–H groups in total. The second-order valence-electron chi connectivity index (χ2n) is 8.10. The summed E-state index contributed by atoms with van der Waals surface area (Å²) in [4.78, 5) is 30.3. The second-order valence-corrected chi connectivity index (χ2v) is 8.10. The molecule has 0 saturated carbocycles. The Bertz CT molecular complexity index is 780. The molecule has 2 unspecified atom stereocenters. The summed E-state index contributed by atoms with van der Waals surface area (Å²) < 4.78 is 10.7. The van der Waals surface area contributed by atoms with Crippen molar-refractivity contribution < 1.29 is 19.1 Å². The number of ether oxygens (including phenoxy) is 2. The zero-order chi connectivity index (χ0) is 22.2. The minimum atomic E-state index is -0.386. The minimum Gasteiger partial charge on any atom is -0.492 e. The van der Waals surface area contributed by atoms with Gasteiger partial charge in [0, 0.05) is 32.7 Å². The van der Waals surface area contributed by atoms with Crippen LogP contribution in [0.25, 0.3) is 0 Å². The van der Waals surface area contributed by atoms with E-state index < -0.39 is 0 Å². The Morgan fingerprint density at radius 3 is 2.45 bits per heavy atom. The maximum Gasteiger partial charge on any atom is 0.410 e. The molecule has 2 aliphatic heterocycles. The van der Waals surface area contributed by atoms with Gasteiger partial charge in [0.05, 0.1) is 32.0 Å². The Labute approximate surface area is 183 Å². The third kappa shape index (κ3) is 6.25. The number of carbonyl (C=O) groups is 2. The fraction of sp³-hybridized carbons (Fsp3) is 0.591. The van der Waals surface area contributed by atoms with Crippen molar-refractivity contribution in [3.05, 3.63) is 29.8 Å². The molecule has 168 valence electrons. The lowest BCUT2D eigenvalue weighted by Gasteiger charge is -2.46. The van der Waals surface area contributed by atoms with Crippen molar-refractivity contribution >= 4 is 12.1 Å². The maximum absolute atomic E-state index is 12.3. The van der Waals surface area contributed by atoms with E-state index in [-0.39, 0.29) is 12.1 Å². The van der Waals surface area contributed by atoms with E-state index in [1.54, 1.807) is 29.2 Å². The topological polar surface area (TPSA) is 98.1 Å². The number of nitriles is 1. The number of nitrogens with one attached hydrogen (secondary N) is 1. The van der Waals surface area contributed by atoms with E-state index in [2.05, 4.69) is 16.3 Å². The predicted octanol–water partition coefficient (Wildman–Crippen LogP) is 1.95. The van der Waals surface area contributed by atoms with Gasteiger partial charge in [0.25, 0.3) is 0 Å². The number of fused-ring (bicyclic) bond motifs is 2. The van der Waals surface area contributed by atoms with Crippen LogP contribution >= 0.6 is 0 Å². The lowest BCUT2D eigenvalue weighted by Crippen LogP contribution is -2.57. The molecule has 9 heteroatoms. The summed E-state index contributed by atoms with van der Waals surface area (Å²) >= 11 is 0. The van der Waals surface area contributed by atoms with E-state index in [0.29, 0.717) is 49.5 Å². The Hall–Kier alpha value is -2.99. The van der Waals surface area contributed by atoms with Crippen LogP contribution in [0, 0.1) is 23.2 Å². The first-order chi connectivity index (χ1) is 15.0. The van der Waals surface area contributed by atoms with Crippen LogP contribution in [0.3, 0.4) is 0 Å². The molecule has 3 amide bonds. The highest BCUT2D eigenvalue weighted by Gasteiger charge is 2.36. The largest absolute Gasteiger partial charge is 0.492 e. The highest BCUT2D eigenvalue weighted by Crippen LogP contribution is 2.28. The molecule has 1 aromatic carbocycles. The summed E-state index contributed by atoms with van der Waals surface area (Å²) in [7, 11) is 1.38. The second kappa shape index (κ2) is 10.9. The van der Waals surface area contributed by atoms with Gasteiger partial charge in [-0.15, -0.1) is 0 Å². The van der Waals surface area contributed by atoms with Gasteiger partial charge in [-0.2, -0.15) is 5.26 Å². The molecule has 0 radical (unpaired) electrons. The molecule has 0 aliphatic carbocycles. The van der Waals surface area contributed by atoms with Gasteiger partial charge in [-0.1, -0.05) is 0 Å². The smallest absolute Gasteiger partial charge is 0.410 e. The lowest BCUT2D eigenvalue weighted by atomic mass is 9.85. The molecule has 0 spiro atoms. The first-order valence-electron chi connectivity index (χ1n) is 10.7. The summed E-state index contributed by atoms with van der Waals surface area (Å²) in [6.45, 7) is 6.94. The number of methoxy groups -OCH3 is 1. The van der Waals surface area contributed by atoms with Gasteiger partial charge >= 0.3 is 12.1 Å². The number of urea groups is 1. The number of hydrogen-bond donors (Lipinski definition) is 1. The first-order valence-corrected chi connectivity index (χ1v) is 10.7. The van der Waals surface area contributed by atoms with Crippen LogP contribution in [0.4, 0.5) is 9.59 Å². The van der Waals surface area contributed by atoms with Gasteiger partial charge in [0.2, 0.25) is 0 Å². The number of carbonyl (C=O) groups excluding carboxylic acids is 2. The zero-order valence-corrected chi connectivity index (χ0v) is 18.2. The van der Waals surface area contributed by atoms with Crippen molar-refractivity contribution in [2.45, 2.75) is 13.3 Å². The molecule has 2 saturated heterocycles. The van der Waals surface area contributed by atoms with Gasteiger partial charge in [-0.25, -0.2) is 9.59 Å². The first kappa shape index (κ1) is 22.7. The number of benzene rings is 1. The molecule has 0 aromatic heterocycles. The molecule has 1 aromatic rings. The minimum absolute atomic E-state index is 0.0155. The summed E-state index contributed by atoms with van der Waals surface area (Å²) in [5.41, 5.74) is 0.574. The Morgan fingerprint density at radius 2 is 1.87 bits per heavy atom. The summed E-state index contributed by atoms with van der Waals surface area (Å²) in [5, 5.41) is 11.8. The third-order valence-corrected chi connectivity index (χ3v) is 5.69. The van der Waals surface area contributed by atoms with Crippen LogP contribution in [-0.2, 0) is 4.74 Å². The standard InChI is InChI=1S/C22H31N5O4/c1-3-24-21(28)27-14-18-10-19(15-27)13-25(12-18)16-26(22(29)30-2)8-9-31-20-6-4-17(11-23)5-7-20/h4-7,18-19H,3,8-10,12-16H2,1-2H3,(H,24,28). The van der Waals surface area contributed by atoms with E-state index in [9.17, 15) is 9.59 Å². The van der Waals surface area contributed by atoms with Crippen molar-refractivity contribution in [2.75, 3.05) is 59.7 Å². The van der Waals surface area contributed by atoms with Crippen molar-refractivity contribution in [3.63, 3.8) is 0 Å². The van der Waals surface area contributed by atoms with Crippen molar-refractivity contribution in [1.29, 1.82) is 5.26 Å². The molecule has 2 atom stereocenters. The molecule has 2 bridgehead atoms. The van der Waals surface area contributed by atoms with E-state index in [0.717, 1.165) is 32.6 Å². The highest BCUT2D eigenvalue weighted by molar-refractivity contribution is 5.74. The quantitative estimate of drug-likeness (QED) is 0.711. The van der Waals surface area contributed by atoms with Gasteiger partial charge < -0.3 is 19.7 Å². The van der Waals surface area contributed by atoms with Crippen LogP contribution < -0.4 is 10.1 Å². The van der Waals surface area contributed by atoms with Crippen LogP contribution in [0.1, 0.15) is 18.9 Å². The SMILES string of the molecule is CCNC(=O)N1CC2CC(CN(CN(CCOc3ccc(C#N)cc3)C(=O)OC)C2)C1. The monoisotopic (exact) mass is 429 g/mol. The Kier molecular flexibility index (Phi) is 7.95. The van der Waals surface area contributed by atoms with Crippen LogP contribution in [-0.4, -0.2) is 86.5 Å².